The zero-order chi connectivity index (χ0) is 23.8. The molecule has 0 unspecified atom stereocenters. The molecule has 1 saturated carbocycles. The monoisotopic (exact) mass is 514 g/mol. The molecule has 1 fully saturated rings. The summed E-state index contributed by atoms with van der Waals surface area (Å²) in [5, 5.41) is 3.17. The summed E-state index contributed by atoms with van der Waals surface area (Å²) in [4.78, 5) is 28.0. The van der Waals surface area contributed by atoms with Crippen molar-refractivity contribution in [2.24, 2.45) is 0 Å². The molecule has 0 aromatic heterocycles. The van der Waals surface area contributed by atoms with E-state index in [1.54, 1.807) is 11.8 Å². The predicted molar refractivity (Wildman–Crippen MR) is 135 cm³/mol. The molecule has 0 radical (unpaired) electrons. The second-order valence-corrected chi connectivity index (χ2v) is 9.79. The van der Waals surface area contributed by atoms with Gasteiger partial charge in [-0.1, -0.05) is 62.1 Å². The van der Waals surface area contributed by atoms with Gasteiger partial charge in [-0.05, 0) is 72.3 Å². The minimum absolute atomic E-state index is 0.101. The Morgan fingerprint density at radius 1 is 1.12 bits per heavy atom. The molecule has 1 atom stereocenters. The van der Waals surface area contributed by atoms with Crippen LogP contribution in [0.2, 0.25) is 0 Å². The molecule has 3 rings (SSSR count). The Bertz CT molecular complexity index is 956. The van der Waals surface area contributed by atoms with E-state index in [4.69, 9.17) is 4.74 Å². The van der Waals surface area contributed by atoms with Gasteiger partial charge in [0.05, 0.1) is 4.47 Å². The smallest absolute Gasteiger partial charge is 0.261 e. The van der Waals surface area contributed by atoms with Gasteiger partial charge >= 0.3 is 0 Å². The normalized spacial score (nSPS) is 15.0. The predicted octanol–water partition coefficient (Wildman–Crippen LogP) is 5.56. The molecule has 178 valence electrons. The number of nitrogens with one attached hydrogen (secondary N) is 1. The van der Waals surface area contributed by atoms with Crippen LogP contribution in [-0.2, 0) is 22.6 Å². The van der Waals surface area contributed by atoms with Gasteiger partial charge in [-0.2, -0.15) is 0 Å². The number of ether oxygens (including phenoxy) is 1. The van der Waals surface area contributed by atoms with Crippen molar-refractivity contribution in [3.8, 4) is 5.75 Å². The fourth-order valence-corrected chi connectivity index (χ4v) is 4.80. The fourth-order valence-electron chi connectivity index (χ4n) is 4.26. The molecule has 1 aliphatic carbocycles. The highest BCUT2D eigenvalue weighted by Crippen LogP contribution is 2.26. The zero-order valence-corrected chi connectivity index (χ0v) is 21.5. The van der Waals surface area contributed by atoms with Crippen LogP contribution in [0.25, 0.3) is 0 Å². The van der Waals surface area contributed by atoms with Gasteiger partial charge in [0.25, 0.3) is 5.91 Å². The number of carbonyl (C=O) groups excluding carboxylic acids is 2. The second-order valence-electron chi connectivity index (χ2n) is 8.94. The molecule has 2 amide bonds. The zero-order valence-electron chi connectivity index (χ0n) is 19.9. The van der Waals surface area contributed by atoms with E-state index in [9.17, 15) is 9.59 Å². The molecular weight excluding hydrogens is 480 g/mol. The fraction of sp³-hybridized carbons (Fsp3) is 0.481. The van der Waals surface area contributed by atoms with Gasteiger partial charge in [-0.15, -0.1) is 0 Å². The highest BCUT2D eigenvalue weighted by Gasteiger charge is 2.28. The summed E-state index contributed by atoms with van der Waals surface area (Å²) < 4.78 is 6.67. The number of hydrogen-bond acceptors (Lipinski definition) is 3. The Balaban J connectivity index is 1.72. The van der Waals surface area contributed by atoms with Crippen LogP contribution in [0.1, 0.15) is 62.6 Å². The summed E-state index contributed by atoms with van der Waals surface area (Å²) in [5.41, 5.74) is 3.30. The number of rotatable bonds is 9. The van der Waals surface area contributed by atoms with Crippen molar-refractivity contribution in [2.75, 3.05) is 6.61 Å². The first-order chi connectivity index (χ1) is 15.9. The van der Waals surface area contributed by atoms with Crippen LogP contribution < -0.4 is 10.1 Å². The van der Waals surface area contributed by atoms with Crippen molar-refractivity contribution in [3.63, 3.8) is 0 Å². The SMILES string of the molecule is CCc1ccc(OCC(=O)N(Cc2cccc(C)c2)[C@H](C)C(=O)NC2CCCCC2)c(Br)c1. The lowest BCUT2D eigenvalue weighted by atomic mass is 9.95. The van der Waals surface area contributed by atoms with Crippen molar-refractivity contribution >= 4 is 27.7 Å². The molecule has 0 spiro atoms. The van der Waals surface area contributed by atoms with E-state index in [1.165, 1.54) is 12.0 Å². The van der Waals surface area contributed by atoms with E-state index < -0.39 is 6.04 Å². The Hall–Kier alpha value is -2.34. The molecule has 0 saturated heterocycles. The quantitative estimate of drug-likeness (QED) is 0.476. The van der Waals surface area contributed by atoms with E-state index in [2.05, 4.69) is 28.2 Å². The third kappa shape index (κ3) is 7.32. The maximum absolute atomic E-state index is 13.3. The summed E-state index contributed by atoms with van der Waals surface area (Å²) in [6.45, 7) is 6.15. The Morgan fingerprint density at radius 3 is 2.55 bits per heavy atom. The molecule has 5 nitrogen and oxygen atoms in total. The summed E-state index contributed by atoms with van der Waals surface area (Å²) in [6, 6.07) is 13.5. The first-order valence-electron chi connectivity index (χ1n) is 11.9. The van der Waals surface area contributed by atoms with Gasteiger partial charge in [0, 0.05) is 12.6 Å². The number of halogens is 1. The molecule has 0 bridgehead atoms. The van der Waals surface area contributed by atoms with Crippen LogP contribution in [-0.4, -0.2) is 35.4 Å². The minimum atomic E-state index is -0.588. The number of aryl methyl sites for hydroxylation is 2. The molecule has 6 heteroatoms. The molecule has 0 heterocycles. The molecule has 1 N–H and O–H groups in total. The Labute approximate surface area is 206 Å². The Kier molecular flexibility index (Phi) is 9.36. The van der Waals surface area contributed by atoms with E-state index in [0.717, 1.165) is 47.7 Å². The highest BCUT2D eigenvalue weighted by molar-refractivity contribution is 9.10. The summed E-state index contributed by atoms with van der Waals surface area (Å²) in [7, 11) is 0. The third-order valence-corrected chi connectivity index (χ3v) is 6.93. The van der Waals surface area contributed by atoms with Crippen LogP contribution in [0.5, 0.6) is 5.75 Å². The summed E-state index contributed by atoms with van der Waals surface area (Å²) >= 11 is 3.53. The van der Waals surface area contributed by atoms with Crippen LogP contribution in [0.3, 0.4) is 0 Å². The number of nitrogens with zero attached hydrogens (tertiary/aromatic N) is 1. The summed E-state index contributed by atoms with van der Waals surface area (Å²) in [5.74, 6) is 0.306. The van der Waals surface area contributed by atoms with Crippen molar-refractivity contribution in [2.45, 2.75) is 77.9 Å². The van der Waals surface area contributed by atoms with Gasteiger partial charge in [0.1, 0.15) is 11.8 Å². The van der Waals surface area contributed by atoms with Crippen molar-refractivity contribution in [3.05, 3.63) is 63.6 Å². The second kappa shape index (κ2) is 12.2. The van der Waals surface area contributed by atoms with Gasteiger partial charge in [0.2, 0.25) is 5.91 Å². The molecular formula is C27H35BrN2O3. The first kappa shape index (κ1) is 25.3. The number of hydrogen-bond donors (Lipinski definition) is 1. The van der Waals surface area contributed by atoms with E-state index in [1.807, 2.05) is 49.4 Å². The van der Waals surface area contributed by atoms with Gasteiger partial charge in [-0.25, -0.2) is 0 Å². The number of amides is 2. The van der Waals surface area contributed by atoms with Crippen LogP contribution in [0.4, 0.5) is 0 Å². The maximum atomic E-state index is 13.3. The van der Waals surface area contributed by atoms with Gasteiger partial charge < -0.3 is 15.0 Å². The highest BCUT2D eigenvalue weighted by atomic mass is 79.9. The maximum Gasteiger partial charge on any atom is 0.261 e. The van der Waals surface area contributed by atoms with Crippen LogP contribution >= 0.6 is 15.9 Å². The average Bonchev–Trinajstić information content (AvgIpc) is 2.81. The summed E-state index contributed by atoms with van der Waals surface area (Å²) in [6.07, 6.45) is 6.46. The average molecular weight is 515 g/mol. The molecule has 2 aromatic carbocycles. The van der Waals surface area contributed by atoms with Crippen molar-refractivity contribution in [1.82, 2.24) is 10.2 Å². The number of carbonyl (C=O) groups is 2. The van der Waals surface area contributed by atoms with Crippen molar-refractivity contribution in [1.29, 1.82) is 0 Å². The van der Waals surface area contributed by atoms with Crippen molar-refractivity contribution < 1.29 is 14.3 Å². The van der Waals surface area contributed by atoms with E-state index in [-0.39, 0.29) is 24.5 Å². The molecule has 2 aromatic rings. The van der Waals surface area contributed by atoms with Crippen LogP contribution in [0, 0.1) is 6.92 Å². The standard InChI is InChI=1S/C27H35BrN2O3/c1-4-21-13-14-25(24(28)16-21)33-18-26(31)30(17-22-10-8-9-19(2)15-22)20(3)27(32)29-23-11-6-5-7-12-23/h8-10,13-16,20,23H,4-7,11-12,17-18H2,1-3H3,(H,29,32)/t20-/m1/s1. The van der Waals surface area contributed by atoms with Crippen LogP contribution in [0.15, 0.2) is 46.9 Å². The number of benzene rings is 2. The van der Waals surface area contributed by atoms with E-state index in [0.29, 0.717) is 12.3 Å². The Morgan fingerprint density at radius 2 is 1.88 bits per heavy atom. The minimum Gasteiger partial charge on any atom is -0.483 e. The first-order valence-corrected chi connectivity index (χ1v) is 12.7. The van der Waals surface area contributed by atoms with E-state index >= 15 is 0 Å². The molecule has 1 aliphatic rings. The van der Waals surface area contributed by atoms with Gasteiger partial charge in [-0.3, -0.25) is 9.59 Å². The third-order valence-electron chi connectivity index (χ3n) is 6.31. The lowest BCUT2D eigenvalue weighted by Gasteiger charge is -2.31. The van der Waals surface area contributed by atoms with Gasteiger partial charge in [0.15, 0.2) is 6.61 Å². The largest absolute Gasteiger partial charge is 0.483 e. The lowest BCUT2D eigenvalue weighted by Crippen LogP contribution is -2.51. The lowest BCUT2D eigenvalue weighted by molar-refractivity contribution is -0.142. The topological polar surface area (TPSA) is 58.6 Å². The molecule has 0 aliphatic heterocycles. The molecule has 33 heavy (non-hydrogen) atoms.